The van der Waals surface area contributed by atoms with Crippen LogP contribution in [0.3, 0.4) is 0 Å². The molecule has 0 radical (unpaired) electrons. The Hall–Kier alpha value is -1.40. The zero-order valence-corrected chi connectivity index (χ0v) is 12.1. The summed E-state index contributed by atoms with van der Waals surface area (Å²) in [6, 6.07) is 4.37. The van der Waals surface area contributed by atoms with E-state index in [0.29, 0.717) is 13.1 Å². The van der Waals surface area contributed by atoms with Crippen molar-refractivity contribution in [2.45, 2.75) is 31.7 Å². The van der Waals surface area contributed by atoms with Crippen molar-refractivity contribution in [3.05, 3.63) is 29.3 Å². The SMILES string of the molecule is Cc1ccc(S(=O)(=O)N2CCNC(=O)C2C)cc1C. The summed E-state index contributed by atoms with van der Waals surface area (Å²) in [6.07, 6.45) is 0. The minimum atomic E-state index is -3.61. The Morgan fingerprint density at radius 1 is 1.26 bits per heavy atom. The van der Waals surface area contributed by atoms with Crippen molar-refractivity contribution in [2.24, 2.45) is 0 Å². The number of sulfonamides is 1. The molecule has 6 heteroatoms. The lowest BCUT2D eigenvalue weighted by Gasteiger charge is -2.31. The summed E-state index contributed by atoms with van der Waals surface area (Å²) in [4.78, 5) is 11.8. The van der Waals surface area contributed by atoms with Crippen LogP contribution in [0.25, 0.3) is 0 Å². The van der Waals surface area contributed by atoms with Crippen LogP contribution in [0.15, 0.2) is 23.1 Å². The number of carbonyl (C=O) groups excluding carboxylic acids is 1. The second-order valence-electron chi connectivity index (χ2n) is 4.83. The molecule has 1 aromatic carbocycles. The van der Waals surface area contributed by atoms with E-state index in [1.54, 1.807) is 25.1 Å². The van der Waals surface area contributed by atoms with E-state index >= 15 is 0 Å². The highest BCUT2D eigenvalue weighted by Crippen LogP contribution is 2.21. The maximum Gasteiger partial charge on any atom is 0.243 e. The Balaban J connectivity index is 2.41. The number of nitrogens with zero attached hydrogens (tertiary/aromatic N) is 1. The lowest BCUT2D eigenvalue weighted by atomic mass is 10.1. The van der Waals surface area contributed by atoms with Gasteiger partial charge in [-0.3, -0.25) is 4.79 Å². The monoisotopic (exact) mass is 282 g/mol. The third-order valence-corrected chi connectivity index (χ3v) is 5.49. The fourth-order valence-electron chi connectivity index (χ4n) is 2.10. The van der Waals surface area contributed by atoms with Crippen molar-refractivity contribution >= 4 is 15.9 Å². The van der Waals surface area contributed by atoms with Gasteiger partial charge in [-0.2, -0.15) is 4.31 Å². The largest absolute Gasteiger partial charge is 0.353 e. The molecule has 0 bridgehead atoms. The summed E-state index contributed by atoms with van der Waals surface area (Å²) in [6.45, 7) is 6.08. The predicted octanol–water partition coefficient (Wildman–Crippen LogP) is 0.812. The van der Waals surface area contributed by atoms with Gasteiger partial charge >= 0.3 is 0 Å². The van der Waals surface area contributed by atoms with Crippen molar-refractivity contribution in [3.8, 4) is 0 Å². The minimum Gasteiger partial charge on any atom is -0.353 e. The topological polar surface area (TPSA) is 66.5 Å². The minimum absolute atomic E-state index is 0.247. The van der Waals surface area contributed by atoms with Gasteiger partial charge < -0.3 is 5.32 Å². The molecule has 1 aliphatic rings. The number of piperazine rings is 1. The third-order valence-electron chi connectivity index (χ3n) is 3.53. The molecule has 1 saturated heterocycles. The number of carbonyl (C=O) groups is 1. The third kappa shape index (κ3) is 2.50. The fourth-order valence-corrected chi connectivity index (χ4v) is 3.78. The van der Waals surface area contributed by atoms with Gasteiger partial charge in [0.05, 0.1) is 4.90 Å². The van der Waals surface area contributed by atoms with Crippen LogP contribution in [-0.2, 0) is 14.8 Å². The van der Waals surface area contributed by atoms with Crippen LogP contribution in [-0.4, -0.2) is 37.8 Å². The lowest BCUT2D eigenvalue weighted by molar-refractivity contribution is -0.126. The summed E-state index contributed by atoms with van der Waals surface area (Å²) in [7, 11) is -3.61. The molecule has 1 unspecified atom stereocenters. The molecular formula is C13H18N2O3S. The van der Waals surface area contributed by atoms with E-state index in [0.717, 1.165) is 11.1 Å². The highest BCUT2D eigenvalue weighted by atomic mass is 32.2. The zero-order valence-electron chi connectivity index (χ0n) is 11.3. The average molecular weight is 282 g/mol. The molecule has 1 N–H and O–H groups in total. The first-order chi connectivity index (χ1) is 8.84. The van der Waals surface area contributed by atoms with Crippen molar-refractivity contribution in [1.82, 2.24) is 9.62 Å². The normalized spacial score (nSPS) is 21.2. The van der Waals surface area contributed by atoms with E-state index in [2.05, 4.69) is 5.32 Å². The standard InChI is InChI=1S/C13H18N2O3S/c1-9-4-5-12(8-10(9)2)19(17,18)15-7-6-14-13(16)11(15)3/h4-5,8,11H,6-7H2,1-3H3,(H,14,16). The molecule has 1 amide bonds. The van der Waals surface area contributed by atoms with Gasteiger partial charge in [0.25, 0.3) is 0 Å². The van der Waals surface area contributed by atoms with E-state index < -0.39 is 16.1 Å². The first-order valence-corrected chi connectivity index (χ1v) is 7.65. The summed E-state index contributed by atoms with van der Waals surface area (Å²) >= 11 is 0. The predicted molar refractivity (Wildman–Crippen MR) is 72.3 cm³/mol. The van der Waals surface area contributed by atoms with Crippen molar-refractivity contribution in [3.63, 3.8) is 0 Å². The number of hydrogen-bond acceptors (Lipinski definition) is 3. The van der Waals surface area contributed by atoms with Crippen LogP contribution in [0, 0.1) is 13.8 Å². The number of hydrogen-bond donors (Lipinski definition) is 1. The molecule has 104 valence electrons. The molecular weight excluding hydrogens is 264 g/mol. The Bertz CT molecular complexity index is 610. The molecule has 5 nitrogen and oxygen atoms in total. The van der Waals surface area contributed by atoms with Crippen LogP contribution < -0.4 is 5.32 Å². The Kier molecular flexibility index (Phi) is 3.64. The number of aryl methyl sites for hydroxylation is 2. The Labute approximate surface area is 113 Å². The number of rotatable bonds is 2. The second-order valence-corrected chi connectivity index (χ2v) is 6.72. The van der Waals surface area contributed by atoms with E-state index in [4.69, 9.17) is 0 Å². The van der Waals surface area contributed by atoms with E-state index in [9.17, 15) is 13.2 Å². The molecule has 0 saturated carbocycles. The number of nitrogens with one attached hydrogen (secondary N) is 1. The maximum absolute atomic E-state index is 12.6. The van der Waals surface area contributed by atoms with E-state index in [1.807, 2.05) is 13.8 Å². The van der Waals surface area contributed by atoms with E-state index in [1.165, 1.54) is 4.31 Å². The molecule has 19 heavy (non-hydrogen) atoms. The molecule has 2 rings (SSSR count). The Morgan fingerprint density at radius 2 is 1.95 bits per heavy atom. The second kappa shape index (κ2) is 4.94. The van der Waals surface area contributed by atoms with Crippen LogP contribution >= 0.6 is 0 Å². The highest BCUT2D eigenvalue weighted by molar-refractivity contribution is 7.89. The van der Waals surface area contributed by atoms with Crippen LogP contribution in [0.4, 0.5) is 0 Å². The molecule has 0 aliphatic carbocycles. The van der Waals surface area contributed by atoms with E-state index in [-0.39, 0.29) is 10.8 Å². The van der Waals surface area contributed by atoms with Gasteiger partial charge in [-0.05, 0) is 44.0 Å². The van der Waals surface area contributed by atoms with Crippen LogP contribution in [0.5, 0.6) is 0 Å². The summed E-state index contributed by atoms with van der Waals surface area (Å²) in [5.74, 6) is -0.251. The summed E-state index contributed by atoms with van der Waals surface area (Å²) in [5, 5.41) is 2.66. The fraction of sp³-hybridized carbons (Fsp3) is 0.462. The van der Waals surface area contributed by atoms with Gasteiger partial charge in [0.1, 0.15) is 6.04 Å². The van der Waals surface area contributed by atoms with Gasteiger partial charge in [-0.15, -0.1) is 0 Å². The molecule has 1 aliphatic heterocycles. The quantitative estimate of drug-likeness (QED) is 0.873. The number of amides is 1. The highest BCUT2D eigenvalue weighted by Gasteiger charge is 2.35. The van der Waals surface area contributed by atoms with Crippen molar-refractivity contribution in [2.75, 3.05) is 13.1 Å². The number of benzene rings is 1. The van der Waals surface area contributed by atoms with Gasteiger partial charge in [0.2, 0.25) is 15.9 Å². The first-order valence-electron chi connectivity index (χ1n) is 6.21. The molecule has 0 aromatic heterocycles. The Morgan fingerprint density at radius 3 is 2.58 bits per heavy atom. The van der Waals surface area contributed by atoms with Crippen LogP contribution in [0.1, 0.15) is 18.1 Å². The van der Waals surface area contributed by atoms with Crippen molar-refractivity contribution < 1.29 is 13.2 Å². The average Bonchev–Trinajstić information content (AvgIpc) is 2.35. The molecule has 1 fully saturated rings. The van der Waals surface area contributed by atoms with Gasteiger partial charge in [0, 0.05) is 13.1 Å². The molecule has 1 atom stereocenters. The summed E-state index contributed by atoms with van der Waals surface area (Å²) < 4.78 is 26.4. The van der Waals surface area contributed by atoms with Gasteiger partial charge in [0.15, 0.2) is 0 Å². The van der Waals surface area contributed by atoms with Gasteiger partial charge in [-0.25, -0.2) is 8.42 Å². The molecule has 0 spiro atoms. The smallest absolute Gasteiger partial charge is 0.243 e. The van der Waals surface area contributed by atoms with Crippen LogP contribution in [0.2, 0.25) is 0 Å². The first kappa shape index (κ1) is 14.0. The summed E-state index contributed by atoms with van der Waals surface area (Å²) in [5.41, 5.74) is 1.97. The molecule has 1 aromatic rings. The zero-order chi connectivity index (χ0) is 14.2. The maximum atomic E-state index is 12.6. The lowest BCUT2D eigenvalue weighted by Crippen LogP contribution is -2.55. The van der Waals surface area contributed by atoms with Crippen molar-refractivity contribution in [1.29, 1.82) is 0 Å². The van der Waals surface area contributed by atoms with Gasteiger partial charge in [-0.1, -0.05) is 6.07 Å². The molecule has 1 heterocycles.